The maximum absolute atomic E-state index is 13.1. The van der Waals surface area contributed by atoms with Gasteiger partial charge in [-0.05, 0) is 25.2 Å². The monoisotopic (exact) mass is 340 g/mol. The number of benzene rings is 1. The van der Waals surface area contributed by atoms with Crippen molar-refractivity contribution >= 4 is 12.4 Å². The first-order chi connectivity index (χ1) is 11.5. The summed E-state index contributed by atoms with van der Waals surface area (Å²) in [6.07, 6.45) is 0. The fraction of sp³-hybridized carbons (Fsp3) is 0.500. The molecule has 0 radical (unpaired) electrons. The van der Waals surface area contributed by atoms with E-state index in [-0.39, 0.29) is 24.3 Å². The summed E-state index contributed by atoms with van der Waals surface area (Å²) in [4.78, 5) is 25.1. The third-order valence-corrected chi connectivity index (χ3v) is 4.11. The van der Waals surface area contributed by atoms with E-state index in [1.165, 1.54) is 12.1 Å². The van der Waals surface area contributed by atoms with Crippen LogP contribution < -0.4 is 0 Å². The van der Waals surface area contributed by atoms with Crippen molar-refractivity contribution in [2.45, 2.75) is 6.04 Å². The van der Waals surface area contributed by atoms with Gasteiger partial charge in [0.2, 0.25) is 0 Å². The highest BCUT2D eigenvalue weighted by atomic mass is 19.1. The van der Waals surface area contributed by atoms with Crippen molar-refractivity contribution in [2.75, 3.05) is 39.9 Å². The number of aromatic hydroxyl groups is 1. The van der Waals surface area contributed by atoms with Crippen LogP contribution in [0.25, 0.3) is 0 Å². The summed E-state index contributed by atoms with van der Waals surface area (Å²) in [6.45, 7) is 3.20. The van der Waals surface area contributed by atoms with Gasteiger partial charge in [0.15, 0.2) is 11.6 Å². The summed E-state index contributed by atoms with van der Waals surface area (Å²) in [5.74, 6) is -1.11. The van der Waals surface area contributed by atoms with Gasteiger partial charge in [-0.3, -0.25) is 9.59 Å². The highest BCUT2D eigenvalue weighted by molar-refractivity contribution is 5.95. The topological polar surface area (TPSA) is 90.3 Å². The van der Waals surface area contributed by atoms with Gasteiger partial charge in [0, 0.05) is 31.1 Å². The predicted molar refractivity (Wildman–Crippen MR) is 83.4 cm³/mol. The van der Waals surface area contributed by atoms with Crippen molar-refractivity contribution in [3.8, 4) is 5.75 Å². The summed E-state index contributed by atoms with van der Waals surface area (Å²) < 4.78 is 18.8. The average molecular weight is 340 g/mol. The summed E-state index contributed by atoms with van der Waals surface area (Å²) in [5.41, 5.74) is 0.309. The van der Waals surface area contributed by atoms with Gasteiger partial charge >= 0.3 is 0 Å². The molecule has 1 aromatic rings. The number of halogens is 1. The fourth-order valence-corrected chi connectivity index (χ4v) is 3.14. The number of amides is 1. The normalized spacial score (nSPS) is 23.7. The van der Waals surface area contributed by atoms with Crippen LogP contribution in [0, 0.1) is 11.7 Å². The van der Waals surface area contributed by atoms with Crippen molar-refractivity contribution in [3.63, 3.8) is 0 Å². The minimum absolute atomic E-state index is 0.0119. The van der Waals surface area contributed by atoms with Crippen LogP contribution in [0.1, 0.15) is 10.4 Å². The molecule has 8 heteroatoms. The number of hydrogen-bond donors (Lipinski definition) is 2. The van der Waals surface area contributed by atoms with Gasteiger partial charge in [0.1, 0.15) is 0 Å². The largest absolute Gasteiger partial charge is 0.505 e. The third kappa shape index (κ3) is 4.21. The number of phenolic OH excluding ortho intramolecular Hbond substituents is 1. The molecule has 1 amide bonds. The fourth-order valence-electron chi connectivity index (χ4n) is 3.14. The molecule has 0 spiro atoms. The molecule has 0 aromatic heterocycles. The SMILES string of the molecule is CN1C[C@@H]2COC[C@H](C1)N(C(=O)c1ccc(F)c(O)c1)C2.O=CO. The first-order valence-corrected chi connectivity index (χ1v) is 7.59. The molecule has 1 aromatic carbocycles. The molecule has 2 saturated heterocycles. The Bertz CT molecular complexity index is 598. The molecule has 2 aliphatic rings. The lowest BCUT2D eigenvalue weighted by atomic mass is 10.1. The molecular weight excluding hydrogens is 319 g/mol. The number of phenols is 1. The van der Waals surface area contributed by atoms with E-state index in [0.717, 1.165) is 19.2 Å². The van der Waals surface area contributed by atoms with Crippen LogP contribution in [-0.2, 0) is 9.53 Å². The van der Waals surface area contributed by atoms with E-state index in [1.807, 2.05) is 7.05 Å². The number of rotatable bonds is 1. The van der Waals surface area contributed by atoms with Crippen LogP contribution in [-0.4, -0.2) is 78.3 Å². The lowest BCUT2D eigenvalue weighted by Crippen LogP contribution is -2.45. The standard InChI is InChI=1S/C15H19FN2O3.CH2O2/c1-17-5-10-6-18(12(7-17)9-21-8-10)15(20)11-2-3-13(16)14(19)4-11;2-1-3/h2-4,10,12,19H,5-9H2,1H3;1H,(H,2,3)/t10-,12-;/m0./s1. The summed E-state index contributed by atoms with van der Waals surface area (Å²) in [6, 6.07) is 3.71. The van der Waals surface area contributed by atoms with Crippen LogP contribution in [0.4, 0.5) is 4.39 Å². The number of carboxylic acid groups (broad SMARTS) is 1. The van der Waals surface area contributed by atoms with E-state index in [0.29, 0.717) is 25.3 Å². The van der Waals surface area contributed by atoms with Gasteiger partial charge in [0.25, 0.3) is 12.4 Å². The van der Waals surface area contributed by atoms with E-state index in [1.54, 1.807) is 4.90 Å². The minimum atomic E-state index is -0.718. The smallest absolute Gasteiger partial charge is 0.290 e. The maximum atomic E-state index is 13.1. The van der Waals surface area contributed by atoms with E-state index in [4.69, 9.17) is 14.6 Å². The predicted octanol–water partition coefficient (Wildman–Crippen LogP) is 0.635. The van der Waals surface area contributed by atoms with E-state index < -0.39 is 11.6 Å². The summed E-state index contributed by atoms with van der Waals surface area (Å²) in [7, 11) is 2.04. The molecule has 0 saturated carbocycles. The quantitative estimate of drug-likeness (QED) is 0.729. The molecule has 0 unspecified atom stereocenters. The Labute approximate surface area is 139 Å². The average Bonchev–Trinajstić information content (AvgIpc) is 2.80. The zero-order valence-corrected chi connectivity index (χ0v) is 13.4. The molecule has 0 aliphatic carbocycles. The Morgan fingerprint density at radius 3 is 2.71 bits per heavy atom. The second-order valence-electron chi connectivity index (χ2n) is 6.01. The molecule has 2 heterocycles. The zero-order chi connectivity index (χ0) is 17.7. The Morgan fingerprint density at radius 1 is 1.33 bits per heavy atom. The molecule has 2 atom stereocenters. The molecule has 2 aliphatic heterocycles. The minimum Gasteiger partial charge on any atom is -0.505 e. The van der Waals surface area contributed by atoms with Crippen molar-refractivity contribution in [1.29, 1.82) is 0 Å². The first kappa shape index (κ1) is 18.2. The lowest BCUT2D eigenvalue weighted by Gasteiger charge is -2.29. The van der Waals surface area contributed by atoms with Crippen LogP contribution in [0.3, 0.4) is 0 Å². The molecule has 132 valence electrons. The van der Waals surface area contributed by atoms with Crippen LogP contribution in [0.15, 0.2) is 18.2 Å². The number of carbonyl (C=O) groups is 2. The summed E-state index contributed by atoms with van der Waals surface area (Å²) in [5, 5.41) is 16.3. The molecular formula is C16H21FN2O5. The number of fused-ring (bicyclic) bond motifs is 3. The van der Waals surface area contributed by atoms with Gasteiger partial charge in [-0.2, -0.15) is 0 Å². The Hall–Kier alpha value is -2.19. The van der Waals surface area contributed by atoms with Crippen LogP contribution in [0.5, 0.6) is 5.75 Å². The van der Waals surface area contributed by atoms with Gasteiger partial charge in [-0.1, -0.05) is 0 Å². The van der Waals surface area contributed by atoms with Crippen molar-refractivity contribution < 1.29 is 28.9 Å². The van der Waals surface area contributed by atoms with Gasteiger partial charge in [-0.15, -0.1) is 0 Å². The number of hydrogen-bond acceptors (Lipinski definition) is 5. The Balaban J connectivity index is 0.000000647. The van der Waals surface area contributed by atoms with Crippen molar-refractivity contribution in [3.05, 3.63) is 29.6 Å². The van der Waals surface area contributed by atoms with E-state index >= 15 is 0 Å². The van der Waals surface area contributed by atoms with Crippen LogP contribution in [0.2, 0.25) is 0 Å². The molecule has 2 bridgehead atoms. The number of nitrogens with zero attached hydrogens (tertiary/aromatic N) is 2. The van der Waals surface area contributed by atoms with Crippen molar-refractivity contribution in [1.82, 2.24) is 9.80 Å². The van der Waals surface area contributed by atoms with Gasteiger partial charge in [0.05, 0.1) is 19.3 Å². The molecule has 2 fully saturated rings. The Morgan fingerprint density at radius 2 is 2.04 bits per heavy atom. The van der Waals surface area contributed by atoms with Gasteiger partial charge < -0.3 is 24.7 Å². The third-order valence-electron chi connectivity index (χ3n) is 4.11. The molecule has 24 heavy (non-hydrogen) atoms. The van der Waals surface area contributed by atoms with E-state index in [2.05, 4.69) is 4.90 Å². The van der Waals surface area contributed by atoms with Gasteiger partial charge in [-0.25, -0.2) is 4.39 Å². The number of ether oxygens (including phenoxy) is 1. The second kappa shape index (κ2) is 8.07. The second-order valence-corrected chi connectivity index (χ2v) is 6.01. The highest BCUT2D eigenvalue weighted by Gasteiger charge is 2.35. The summed E-state index contributed by atoms with van der Waals surface area (Å²) >= 11 is 0. The number of carbonyl (C=O) groups excluding carboxylic acids is 1. The molecule has 2 N–H and O–H groups in total. The lowest BCUT2D eigenvalue weighted by molar-refractivity contribution is -0.122. The first-order valence-electron chi connectivity index (χ1n) is 7.59. The van der Waals surface area contributed by atoms with Crippen molar-refractivity contribution in [2.24, 2.45) is 5.92 Å². The van der Waals surface area contributed by atoms with E-state index in [9.17, 15) is 14.3 Å². The highest BCUT2D eigenvalue weighted by Crippen LogP contribution is 2.23. The Kier molecular flexibility index (Phi) is 6.10. The maximum Gasteiger partial charge on any atom is 0.290 e. The van der Waals surface area contributed by atoms with Crippen LogP contribution >= 0.6 is 0 Å². The molecule has 3 rings (SSSR count). The number of likely N-dealkylation sites (N-methyl/N-ethyl adjacent to an activating group) is 1. The zero-order valence-electron chi connectivity index (χ0n) is 13.4. The molecule has 7 nitrogen and oxygen atoms in total.